The molecule has 0 aliphatic heterocycles. The number of furan rings is 1. The van der Waals surface area contributed by atoms with Crippen molar-refractivity contribution in [3.05, 3.63) is 78.3 Å². The standard InChI is InChI=1S/C20H18N2O4/c1-14-9-10-15(21-20(24)18-8-5-11-25-18)12-17(14)22-19(23)13-26-16-6-3-2-4-7-16/h2-12H,13H2,1H3,(H,21,24)(H,22,23). The molecule has 0 saturated heterocycles. The van der Waals surface area contributed by atoms with Gasteiger partial charge in [-0.15, -0.1) is 0 Å². The molecule has 0 atom stereocenters. The summed E-state index contributed by atoms with van der Waals surface area (Å²) in [6.07, 6.45) is 1.43. The second-order valence-corrected chi connectivity index (χ2v) is 5.61. The van der Waals surface area contributed by atoms with Crippen molar-refractivity contribution in [2.24, 2.45) is 0 Å². The van der Waals surface area contributed by atoms with Crippen molar-refractivity contribution >= 4 is 23.2 Å². The molecule has 0 aliphatic rings. The van der Waals surface area contributed by atoms with Crippen molar-refractivity contribution in [1.82, 2.24) is 0 Å². The second-order valence-electron chi connectivity index (χ2n) is 5.61. The van der Waals surface area contributed by atoms with Crippen molar-refractivity contribution in [2.45, 2.75) is 6.92 Å². The van der Waals surface area contributed by atoms with Crippen LogP contribution >= 0.6 is 0 Å². The molecular formula is C20H18N2O4. The molecule has 2 N–H and O–H groups in total. The second kappa shape index (κ2) is 8.02. The number of anilines is 2. The lowest BCUT2D eigenvalue weighted by Crippen LogP contribution is -2.21. The molecule has 1 heterocycles. The number of hydrogen-bond acceptors (Lipinski definition) is 4. The molecule has 6 heteroatoms. The van der Waals surface area contributed by atoms with Gasteiger partial charge >= 0.3 is 0 Å². The summed E-state index contributed by atoms with van der Waals surface area (Å²) in [4.78, 5) is 24.2. The highest BCUT2D eigenvalue weighted by Crippen LogP contribution is 2.21. The molecule has 0 saturated carbocycles. The fourth-order valence-corrected chi connectivity index (χ4v) is 2.29. The Morgan fingerprint density at radius 1 is 1.00 bits per heavy atom. The van der Waals surface area contributed by atoms with Gasteiger partial charge in [-0.3, -0.25) is 9.59 Å². The predicted octanol–water partition coefficient (Wildman–Crippen LogP) is 3.86. The van der Waals surface area contributed by atoms with Gasteiger partial charge < -0.3 is 19.8 Å². The molecule has 0 radical (unpaired) electrons. The molecule has 0 bridgehead atoms. The molecule has 0 fully saturated rings. The fraction of sp³-hybridized carbons (Fsp3) is 0.100. The van der Waals surface area contributed by atoms with Gasteiger partial charge in [0, 0.05) is 11.4 Å². The third kappa shape index (κ3) is 4.51. The number of para-hydroxylation sites is 1. The minimum absolute atomic E-state index is 0.105. The van der Waals surface area contributed by atoms with E-state index in [0.29, 0.717) is 17.1 Å². The van der Waals surface area contributed by atoms with Crippen molar-refractivity contribution in [1.29, 1.82) is 0 Å². The third-order valence-corrected chi connectivity index (χ3v) is 3.63. The number of ether oxygens (including phenoxy) is 1. The molecule has 1 aromatic heterocycles. The van der Waals surface area contributed by atoms with Crippen LogP contribution in [0, 0.1) is 6.92 Å². The lowest BCUT2D eigenvalue weighted by Gasteiger charge is -2.12. The molecule has 0 spiro atoms. The van der Waals surface area contributed by atoms with E-state index in [2.05, 4.69) is 10.6 Å². The van der Waals surface area contributed by atoms with Gasteiger partial charge in [-0.05, 0) is 48.9 Å². The monoisotopic (exact) mass is 350 g/mol. The van der Waals surface area contributed by atoms with Crippen LogP contribution in [0.4, 0.5) is 11.4 Å². The average Bonchev–Trinajstić information content (AvgIpc) is 3.18. The lowest BCUT2D eigenvalue weighted by atomic mass is 10.1. The van der Waals surface area contributed by atoms with E-state index < -0.39 is 0 Å². The van der Waals surface area contributed by atoms with Crippen molar-refractivity contribution in [2.75, 3.05) is 17.2 Å². The van der Waals surface area contributed by atoms with Gasteiger partial charge in [0.1, 0.15) is 5.75 Å². The zero-order chi connectivity index (χ0) is 18.4. The third-order valence-electron chi connectivity index (χ3n) is 3.63. The van der Waals surface area contributed by atoms with Gasteiger partial charge in [0.2, 0.25) is 0 Å². The fourth-order valence-electron chi connectivity index (χ4n) is 2.29. The first-order valence-electron chi connectivity index (χ1n) is 8.05. The van der Waals surface area contributed by atoms with Crippen LogP contribution in [-0.2, 0) is 4.79 Å². The maximum absolute atomic E-state index is 12.1. The maximum atomic E-state index is 12.1. The summed E-state index contributed by atoms with van der Waals surface area (Å²) >= 11 is 0. The number of rotatable bonds is 6. The quantitative estimate of drug-likeness (QED) is 0.707. The van der Waals surface area contributed by atoms with Crippen LogP contribution in [0.3, 0.4) is 0 Å². The summed E-state index contributed by atoms with van der Waals surface area (Å²) in [7, 11) is 0. The first-order valence-corrected chi connectivity index (χ1v) is 8.05. The highest BCUT2D eigenvalue weighted by atomic mass is 16.5. The van der Waals surface area contributed by atoms with Gasteiger partial charge in [0.25, 0.3) is 11.8 Å². The first kappa shape index (κ1) is 17.3. The van der Waals surface area contributed by atoms with Crippen LogP contribution in [0.1, 0.15) is 16.1 Å². The van der Waals surface area contributed by atoms with Crippen molar-refractivity contribution < 1.29 is 18.7 Å². The van der Waals surface area contributed by atoms with E-state index >= 15 is 0 Å². The average molecular weight is 350 g/mol. The number of carbonyl (C=O) groups is 2. The largest absolute Gasteiger partial charge is 0.484 e. The Balaban J connectivity index is 1.62. The molecule has 132 valence electrons. The predicted molar refractivity (Wildman–Crippen MR) is 98.4 cm³/mol. The molecule has 3 rings (SSSR count). The number of carbonyl (C=O) groups excluding carboxylic acids is 2. The molecule has 0 unspecified atom stereocenters. The molecule has 3 aromatic rings. The van der Waals surface area contributed by atoms with Crippen LogP contribution in [0.25, 0.3) is 0 Å². The Hall–Kier alpha value is -3.54. The van der Waals surface area contributed by atoms with Gasteiger partial charge in [0.15, 0.2) is 12.4 Å². The zero-order valence-corrected chi connectivity index (χ0v) is 14.2. The number of benzene rings is 2. The van der Waals surface area contributed by atoms with E-state index in [1.54, 1.807) is 36.4 Å². The van der Waals surface area contributed by atoms with Gasteiger partial charge in [-0.1, -0.05) is 24.3 Å². The van der Waals surface area contributed by atoms with E-state index in [1.807, 2.05) is 31.2 Å². The van der Waals surface area contributed by atoms with E-state index in [-0.39, 0.29) is 24.2 Å². The smallest absolute Gasteiger partial charge is 0.291 e. The van der Waals surface area contributed by atoms with Crippen LogP contribution in [-0.4, -0.2) is 18.4 Å². The minimum Gasteiger partial charge on any atom is -0.484 e. The van der Waals surface area contributed by atoms with E-state index in [0.717, 1.165) is 5.56 Å². The minimum atomic E-state index is -0.358. The van der Waals surface area contributed by atoms with E-state index in [4.69, 9.17) is 9.15 Å². The van der Waals surface area contributed by atoms with E-state index in [1.165, 1.54) is 6.26 Å². The van der Waals surface area contributed by atoms with Gasteiger partial charge in [0.05, 0.1) is 6.26 Å². The topological polar surface area (TPSA) is 80.6 Å². The number of hydrogen-bond donors (Lipinski definition) is 2. The highest BCUT2D eigenvalue weighted by Gasteiger charge is 2.11. The number of amides is 2. The van der Waals surface area contributed by atoms with Crippen LogP contribution in [0.5, 0.6) is 5.75 Å². The normalized spacial score (nSPS) is 10.2. The molecule has 6 nitrogen and oxygen atoms in total. The summed E-state index contributed by atoms with van der Waals surface area (Å²) in [5.74, 6) is 0.196. The summed E-state index contributed by atoms with van der Waals surface area (Å²) in [5, 5.41) is 5.52. The Kier molecular flexibility index (Phi) is 5.34. The molecular weight excluding hydrogens is 332 g/mol. The summed E-state index contributed by atoms with van der Waals surface area (Å²) < 4.78 is 10.5. The molecule has 2 aromatic carbocycles. The SMILES string of the molecule is Cc1ccc(NC(=O)c2ccco2)cc1NC(=O)COc1ccccc1. The Bertz CT molecular complexity index is 889. The number of nitrogens with one attached hydrogen (secondary N) is 2. The first-order chi connectivity index (χ1) is 12.6. The van der Waals surface area contributed by atoms with Gasteiger partial charge in [-0.25, -0.2) is 0 Å². The van der Waals surface area contributed by atoms with Crippen LogP contribution in [0.2, 0.25) is 0 Å². The summed E-state index contributed by atoms with van der Waals surface area (Å²) in [6.45, 7) is 1.76. The summed E-state index contributed by atoms with van der Waals surface area (Å²) in [5.41, 5.74) is 2.02. The van der Waals surface area contributed by atoms with Crippen molar-refractivity contribution in [3.63, 3.8) is 0 Å². The van der Waals surface area contributed by atoms with Crippen LogP contribution in [0.15, 0.2) is 71.3 Å². The number of aryl methyl sites for hydroxylation is 1. The Labute approximate surface area is 150 Å². The van der Waals surface area contributed by atoms with E-state index in [9.17, 15) is 9.59 Å². The lowest BCUT2D eigenvalue weighted by molar-refractivity contribution is -0.118. The summed E-state index contributed by atoms with van der Waals surface area (Å²) in [6, 6.07) is 17.6. The van der Waals surface area contributed by atoms with Gasteiger partial charge in [-0.2, -0.15) is 0 Å². The van der Waals surface area contributed by atoms with Crippen molar-refractivity contribution in [3.8, 4) is 5.75 Å². The zero-order valence-electron chi connectivity index (χ0n) is 14.2. The maximum Gasteiger partial charge on any atom is 0.291 e. The Morgan fingerprint density at radius 2 is 1.81 bits per heavy atom. The molecule has 26 heavy (non-hydrogen) atoms. The Morgan fingerprint density at radius 3 is 2.54 bits per heavy atom. The highest BCUT2D eigenvalue weighted by molar-refractivity contribution is 6.03. The van der Waals surface area contributed by atoms with Crippen LogP contribution < -0.4 is 15.4 Å². The molecule has 0 aliphatic carbocycles. The molecule has 2 amide bonds.